The Morgan fingerprint density at radius 2 is 2.00 bits per heavy atom. The normalized spacial score (nSPS) is 17.9. The lowest BCUT2D eigenvalue weighted by atomic mass is 10.4. The Morgan fingerprint density at radius 1 is 1.38 bits per heavy atom. The summed E-state index contributed by atoms with van der Waals surface area (Å²) in [5.74, 6) is 4.58. The Balaban J connectivity index is 2.23. The van der Waals surface area contributed by atoms with E-state index < -0.39 is 6.43 Å². The van der Waals surface area contributed by atoms with Gasteiger partial charge in [-0.15, -0.1) is 0 Å². The summed E-state index contributed by atoms with van der Waals surface area (Å²) in [6, 6.07) is 0. The van der Waals surface area contributed by atoms with Crippen molar-refractivity contribution in [2.75, 3.05) is 0 Å². The van der Waals surface area contributed by atoms with Crippen LogP contribution < -0.4 is 0 Å². The highest BCUT2D eigenvalue weighted by molar-refractivity contribution is 5.10. The standard InChI is InChI=1S/C6H6F2/c7-6(8)4-3-5-1-2-5/h5-6H,1-2H2. The van der Waals surface area contributed by atoms with Crippen molar-refractivity contribution in [3.05, 3.63) is 0 Å². The van der Waals surface area contributed by atoms with Gasteiger partial charge >= 0.3 is 0 Å². The van der Waals surface area contributed by atoms with Crippen LogP contribution in [-0.4, -0.2) is 6.43 Å². The van der Waals surface area contributed by atoms with Crippen molar-refractivity contribution in [2.45, 2.75) is 19.3 Å². The maximum atomic E-state index is 11.2. The van der Waals surface area contributed by atoms with Crippen molar-refractivity contribution in [1.29, 1.82) is 0 Å². The van der Waals surface area contributed by atoms with E-state index in [4.69, 9.17) is 0 Å². The first-order valence-corrected chi connectivity index (χ1v) is 2.58. The minimum atomic E-state index is -2.43. The molecular weight excluding hydrogens is 110 g/mol. The summed E-state index contributed by atoms with van der Waals surface area (Å²) < 4.78 is 22.5. The first-order valence-electron chi connectivity index (χ1n) is 2.58. The third-order valence-electron chi connectivity index (χ3n) is 0.974. The van der Waals surface area contributed by atoms with E-state index in [-0.39, 0.29) is 0 Å². The Bertz CT molecular complexity index is 119. The Kier molecular flexibility index (Phi) is 1.48. The molecule has 8 heavy (non-hydrogen) atoms. The average molecular weight is 116 g/mol. The molecule has 0 N–H and O–H groups in total. The van der Waals surface area contributed by atoms with Gasteiger partial charge in [-0.05, 0) is 18.8 Å². The minimum absolute atomic E-state index is 0.295. The summed E-state index contributed by atoms with van der Waals surface area (Å²) in [7, 11) is 0. The van der Waals surface area contributed by atoms with Crippen LogP contribution in [-0.2, 0) is 0 Å². The van der Waals surface area contributed by atoms with Gasteiger partial charge in [-0.1, -0.05) is 5.92 Å². The number of halogens is 2. The van der Waals surface area contributed by atoms with E-state index in [2.05, 4.69) is 5.92 Å². The second-order valence-electron chi connectivity index (χ2n) is 1.86. The summed E-state index contributed by atoms with van der Waals surface area (Å²) in [4.78, 5) is 0. The fraction of sp³-hybridized carbons (Fsp3) is 0.667. The van der Waals surface area contributed by atoms with Crippen LogP contribution in [0.1, 0.15) is 12.8 Å². The van der Waals surface area contributed by atoms with E-state index in [0.717, 1.165) is 12.8 Å². The minimum Gasteiger partial charge on any atom is -0.196 e. The van der Waals surface area contributed by atoms with E-state index in [1.54, 1.807) is 0 Å². The Hall–Kier alpha value is -0.580. The van der Waals surface area contributed by atoms with Crippen LogP contribution in [0.15, 0.2) is 0 Å². The smallest absolute Gasteiger partial charge is 0.196 e. The number of rotatable bonds is 0. The molecule has 0 spiro atoms. The quantitative estimate of drug-likeness (QED) is 0.422. The molecule has 1 aliphatic carbocycles. The average Bonchev–Trinajstić information content (AvgIpc) is 2.41. The molecule has 0 bridgehead atoms. The maximum Gasteiger partial charge on any atom is 0.298 e. The Labute approximate surface area is 46.9 Å². The van der Waals surface area contributed by atoms with Crippen molar-refractivity contribution in [1.82, 2.24) is 0 Å². The van der Waals surface area contributed by atoms with E-state index in [9.17, 15) is 8.78 Å². The highest BCUT2D eigenvalue weighted by atomic mass is 19.3. The van der Waals surface area contributed by atoms with E-state index in [1.807, 2.05) is 5.92 Å². The molecule has 1 saturated carbocycles. The lowest BCUT2D eigenvalue weighted by Crippen LogP contribution is -1.80. The molecule has 0 aromatic carbocycles. The molecular formula is C6H6F2. The van der Waals surface area contributed by atoms with Gasteiger partial charge in [0.1, 0.15) is 0 Å². The highest BCUT2D eigenvalue weighted by Crippen LogP contribution is 2.27. The zero-order valence-corrected chi connectivity index (χ0v) is 4.32. The van der Waals surface area contributed by atoms with Crippen molar-refractivity contribution in [2.24, 2.45) is 5.92 Å². The first-order chi connectivity index (χ1) is 3.79. The van der Waals surface area contributed by atoms with Crippen LogP contribution in [0.3, 0.4) is 0 Å². The highest BCUT2D eigenvalue weighted by Gasteiger charge is 2.17. The third-order valence-corrected chi connectivity index (χ3v) is 0.974. The molecule has 0 amide bonds. The fourth-order valence-corrected chi connectivity index (χ4v) is 0.409. The van der Waals surface area contributed by atoms with Gasteiger partial charge < -0.3 is 0 Å². The van der Waals surface area contributed by atoms with Crippen molar-refractivity contribution < 1.29 is 8.78 Å². The van der Waals surface area contributed by atoms with Gasteiger partial charge in [0, 0.05) is 5.92 Å². The zero-order chi connectivity index (χ0) is 5.98. The lowest BCUT2D eigenvalue weighted by Gasteiger charge is -1.76. The summed E-state index contributed by atoms with van der Waals surface area (Å²) in [5, 5.41) is 0. The van der Waals surface area contributed by atoms with E-state index >= 15 is 0 Å². The predicted octanol–water partition coefficient (Wildman–Crippen LogP) is 1.66. The second-order valence-corrected chi connectivity index (χ2v) is 1.86. The molecule has 0 aliphatic heterocycles. The van der Waals surface area contributed by atoms with Gasteiger partial charge in [0.2, 0.25) is 0 Å². The molecule has 2 heteroatoms. The molecule has 0 aromatic rings. The SMILES string of the molecule is FC(F)C#CC1CC1. The topological polar surface area (TPSA) is 0 Å². The van der Waals surface area contributed by atoms with Crippen molar-refractivity contribution in [3.8, 4) is 11.8 Å². The predicted molar refractivity (Wildman–Crippen MR) is 26.5 cm³/mol. The lowest BCUT2D eigenvalue weighted by molar-refractivity contribution is 0.215. The molecule has 0 aromatic heterocycles. The van der Waals surface area contributed by atoms with E-state index in [0.29, 0.717) is 5.92 Å². The summed E-state index contributed by atoms with van der Waals surface area (Å²) in [6.45, 7) is 0. The number of hydrogen-bond acceptors (Lipinski definition) is 0. The number of hydrogen-bond donors (Lipinski definition) is 0. The van der Waals surface area contributed by atoms with Crippen LogP contribution in [0.5, 0.6) is 0 Å². The third kappa shape index (κ3) is 1.92. The molecule has 0 radical (unpaired) electrons. The van der Waals surface area contributed by atoms with Gasteiger partial charge in [-0.2, -0.15) is 8.78 Å². The molecule has 1 rings (SSSR count). The van der Waals surface area contributed by atoms with Crippen LogP contribution >= 0.6 is 0 Å². The summed E-state index contributed by atoms with van der Waals surface area (Å²) in [5.41, 5.74) is 0. The molecule has 0 heterocycles. The van der Waals surface area contributed by atoms with Gasteiger partial charge in [0.25, 0.3) is 6.43 Å². The molecule has 0 unspecified atom stereocenters. The van der Waals surface area contributed by atoms with Gasteiger partial charge in [0.15, 0.2) is 0 Å². The second kappa shape index (κ2) is 2.13. The van der Waals surface area contributed by atoms with E-state index in [1.165, 1.54) is 0 Å². The summed E-state index contributed by atoms with van der Waals surface area (Å²) >= 11 is 0. The van der Waals surface area contributed by atoms with Crippen LogP contribution in [0.4, 0.5) is 8.78 Å². The van der Waals surface area contributed by atoms with Crippen molar-refractivity contribution in [3.63, 3.8) is 0 Å². The monoisotopic (exact) mass is 116 g/mol. The molecule has 44 valence electrons. The fourth-order valence-electron chi connectivity index (χ4n) is 0.409. The first kappa shape index (κ1) is 5.55. The van der Waals surface area contributed by atoms with Gasteiger partial charge in [-0.3, -0.25) is 0 Å². The molecule has 1 aliphatic rings. The van der Waals surface area contributed by atoms with Crippen LogP contribution in [0.2, 0.25) is 0 Å². The molecule has 1 fully saturated rings. The largest absolute Gasteiger partial charge is 0.298 e. The van der Waals surface area contributed by atoms with Crippen LogP contribution in [0, 0.1) is 17.8 Å². The Morgan fingerprint density at radius 3 is 2.38 bits per heavy atom. The molecule has 0 saturated heterocycles. The molecule has 0 nitrogen and oxygen atoms in total. The maximum absolute atomic E-state index is 11.2. The number of alkyl halides is 2. The van der Waals surface area contributed by atoms with Crippen LogP contribution in [0.25, 0.3) is 0 Å². The summed E-state index contributed by atoms with van der Waals surface area (Å²) in [6.07, 6.45) is -0.407. The molecule has 0 atom stereocenters. The van der Waals surface area contributed by atoms with Gasteiger partial charge in [0.05, 0.1) is 0 Å². The zero-order valence-electron chi connectivity index (χ0n) is 4.32. The van der Waals surface area contributed by atoms with Gasteiger partial charge in [-0.25, -0.2) is 0 Å². The van der Waals surface area contributed by atoms with Crippen molar-refractivity contribution >= 4 is 0 Å².